The van der Waals surface area contributed by atoms with Crippen LogP contribution in [0.4, 0.5) is 14.5 Å². The molecule has 0 unspecified atom stereocenters. The molecule has 3 nitrogen and oxygen atoms in total. The summed E-state index contributed by atoms with van der Waals surface area (Å²) in [7, 11) is 3.34. The first-order valence-electron chi connectivity index (χ1n) is 6.05. The summed E-state index contributed by atoms with van der Waals surface area (Å²) in [6.45, 7) is 1.85. The summed E-state index contributed by atoms with van der Waals surface area (Å²) in [5.41, 5.74) is 1.60. The normalized spacial score (nSPS) is 10.2. The number of methoxy groups -OCH3 is 1. The minimum Gasteiger partial charge on any atom is -0.495 e. The fourth-order valence-electron chi connectivity index (χ4n) is 1.93. The van der Waals surface area contributed by atoms with Crippen molar-refractivity contribution in [2.45, 2.75) is 6.92 Å². The van der Waals surface area contributed by atoms with Crippen molar-refractivity contribution in [3.05, 3.63) is 47.5 Å². The van der Waals surface area contributed by atoms with E-state index in [2.05, 4.69) is 5.32 Å². The fraction of sp³-hybridized carbons (Fsp3) is 0.200. The Kier molecular flexibility index (Phi) is 4.08. The molecule has 0 heterocycles. The Balaban J connectivity index is 2.36. The van der Waals surface area contributed by atoms with Gasteiger partial charge in [0.2, 0.25) is 0 Å². The zero-order valence-corrected chi connectivity index (χ0v) is 11.5. The molecule has 106 valence electrons. The van der Waals surface area contributed by atoms with Gasteiger partial charge < -0.3 is 14.8 Å². The first kappa shape index (κ1) is 14.1. The third-order valence-electron chi connectivity index (χ3n) is 2.97. The monoisotopic (exact) mass is 279 g/mol. The van der Waals surface area contributed by atoms with Crippen LogP contribution in [0.2, 0.25) is 0 Å². The third-order valence-corrected chi connectivity index (χ3v) is 2.97. The van der Waals surface area contributed by atoms with Crippen LogP contribution in [-0.4, -0.2) is 14.2 Å². The Morgan fingerprint density at radius 1 is 1.00 bits per heavy atom. The van der Waals surface area contributed by atoms with Crippen molar-refractivity contribution in [1.29, 1.82) is 0 Å². The quantitative estimate of drug-likeness (QED) is 0.913. The van der Waals surface area contributed by atoms with Crippen molar-refractivity contribution in [1.82, 2.24) is 0 Å². The molecular formula is C15H15F2NO2. The minimum atomic E-state index is -0.942. The van der Waals surface area contributed by atoms with Crippen LogP contribution in [0.1, 0.15) is 5.56 Å². The van der Waals surface area contributed by atoms with Gasteiger partial charge in [-0.15, -0.1) is 0 Å². The van der Waals surface area contributed by atoms with Gasteiger partial charge in [0.25, 0.3) is 0 Å². The van der Waals surface area contributed by atoms with Crippen molar-refractivity contribution in [2.75, 3.05) is 19.5 Å². The van der Waals surface area contributed by atoms with E-state index in [9.17, 15) is 8.78 Å². The zero-order valence-electron chi connectivity index (χ0n) is 11.5. The molecule has 0 saturated carbocycles. The number of halogens is 2. The highest BCUT2D eigenvalue weighted by Gasteiger charge is 2.12. The largest absolute Gasteiger partial charge is 0.495 e. The van der Waals surface area contributed by atoms with E-state index in [0.717, 1.165) is 23.4 Å². The summed E-state index contributed by atoms with van der Waals surface area (Å²) in [6.07, 6.45) is 0. The number of rotatable bonds is 4. The Hall–Kier alpha value is -2.30. The van der Waals surface area contributed by atoms with Gasteiger partial charge >= 0.3 is 0 Å². The molecular weight excluding hydrogens is 264 g/mol. The number of hydrogen-bond donors (Lipinski definition) is 1. The van der Waals surface area contributed by atoms with E-state index >= 15 is 0 Å². The van der Waals surface area contributed by atoms with Gasteiger partial charge in [-0.2, -0.15) is 0 Å². The summed E-state index contributed by atoms with van der Waals surface area (Å²) in [5.74, 6) is -0.384. The molecule has 0 fully saturated rings. The smallest absolute Gasteiger partial charge is 0.162 e. The molecule has 0 amide bonds. The molecule has 2 rings (SSSR count). The van der Waals surface area contributed by atoms with Gasteiger partial charge in [-0.1, -0.05) is 0 Å². The second kappa shape index (κ2) is 5.77. The number of nitrogens with one attached hydrogen (secondary N) is 1. The van der Waals surface area contributed by atoms with Gasteiger partial charge in [0.15, 0.2) is 11.6 Å². The average molecular weight is 279 g/mol. The van der Waals surface area contributed by atoms with Crippen LogP contribution in [0.25, 0.3) is 0 Å². The highest BCUT2D eigenvalue weighted by molar-refractivity contribution is 5.66. The molecule has 20 heavy (non-hydrogen) atoms. The van der Waals surface area contributed by atoms with E-state index in [1.165, 1.54) is 6.07 Å². The van der Waals surface area contributed by atoms with Crippen LogP contribution >= 0.6 is 0 Å². The SMILES string of the molecule is CNc1c(OC)ccc(Oc2ccc(F)c(F)c2)c1C. The first-order valence-corrected chi connectivity index (χ1v) is 6.05. The van der Waals surface area contributed by atoms with Crippen molar-refractivity contribution in [2.24, 2.45) is 0 Å². The molecule has 0 atom stereocenters. The fourth-order valence-corrected chi connectivity index (χ4v) is 1.93. The van der Waals surface area contributed by atoms with E-state index in [4.69, 9.17) is 9.47 Å². The molecule has 0 radical (unpaired) electrons. The number of hydrogen-bond acceptors (Lipinski definition) is 3. The van der Waals surface area contributed by atoms with Crippen LogP contribution in [0.3, 0.4) is 0 Å². The maximum atomic E-state index is 13.2. The highest BCUT2D eigenvalue weighted by Crippen LogP contribution is 2.36. The molecule has 2 aromatic carbocycles. The number of anilines is 1. The summed E-state index contributed by atoms with van der Waals surface area (Å²) < 4.78 is 36.9. The third kappa shape index (κ3) is 2.66. The summed E-state index contributed by atoms with van der Waals surface area (Å²) in [5, 5.41) is 3.02. The maximum Gasteiger partial charge on any atom is 0.162 e. The topological polar surface area (TPSA) is 30.5 Å². The predicted octanol–water partition coefficient (Wildman–Crippen LogP) is 4.12. The minimum absolute atomic E-state index is 0.235. The molecule has 5 heteroatoms. The average Bonchev–Trinajstić information content (AvgIpc) is 2.44. The van der Waals surface area contributed by atoms with E-state index in [-0.39, 0.29) is 5.75 Å². The van der Waals surface area contributed by atoms with E-state index < -0.39 is 11.6 Å². The Morgan fingerprint density at radius 2 is 1.70 bits per heavy atom. The van der Waals surface area contributed by atoms with Crippen molar-refractivity contribution in [3.63, 3.8) is 0 Å². The molecule has 0 aliphatic rings. The van der Waals surface area contributed by atoms with E-state index in [1.54, 1.807) is 26.3 Å². The van der Waals surface area contributed by atoms with E-state index in [0.29, 0.717) is 11.5 Å². The predicted molar refractivity (Wildman–Crippen MR) is 73.7 cm³/mol. The van der Waals surface area contributed by atoms with Gasteiger partial charge in [-0.3, -0.25) is 0 Å². The molecule has 0 aliphatic carbocycles. The lowest BCUT2D eigenvalue weighted by Crippen LogP contribution is -1.99. The molecule has 1 N–H and O–H groups in total. The maximum absolute atomic E-state index is 13.2. The highest BCUT2D eigenvalue weighted by atomic mass is 19.2. The van der Waals surface area contributed by atoms with Crippen molar-refractivity contribution < 1.29 is 18.3 Å². The van der Waals surface area contributed by atoms with Crippen molar-refractivity contribution >= 4 is 5.69 Å². The number of benzene rings is 2. The Labute approximate surface area is 116 Å². The van der Waals surface area contributed by atoms with Crippen molar-refractivity contribution in [3.8, 4) is 17.2 Å². The van der Waals surface area contributed by atoms with Crippen LogP contribution in [0.5, 0.6) is 17.2 Å². The molecule has 0 spiro atoms. The second-order valence-electron chi connectivity index (χ2n) is 4.19. The molecule has 2 aromatic rings. The molecule has 0 aliphatic heterocycles. The van der Waals surface area contributed by atoms with Gasteiger partial charge in [-0.05, 0) is 31.2 Å². The van der Waals surface area contributed by atoms with Gasteiger partial charge in [0, 0.05) is 18.7 Å². The summed E-state index contributed by atoms with van der Waals surface area (Å²) in [4.78, 5) is 0. The van der Waals surface area contributed by atoms with Crippen LogP contribution in [-0.2, 0) is 0 Å². The van der Waals surface area contributed by atoms with Crippen LogP contribution in [0.15, 0.2) is 30.3 Å². The Morgan fingerprint density at radius 3 is 2.30 bits per heavy atom. The lowest BCUT2D eigenvalue weighted by atomic mass is 10.1. The van der Waals surface area contributed by atoms with Crippen LogP contribution < -0.4 is 14.8 Å². The lowest BCUT2D eigenvalue weighted by molar-refractivity contribution is 0.414. The van der Waals surface area contributed by atoms with E-state index in [1.807, 2.05) is 6.92 Å². The molecule has 0 aromatic heterocycles. The summed E-state index contributed by atoms with van der Waals surface area (Å²) >= 11 is 0. The molecule has 0 bridgehead atoms. The first-order chi connectivity index (χ1) is 9.56. The Bertz CT molecular complexity index is 630. The van der Waals surface area contributed by atoms with Gasteiger partial charge in [-0.25, -0.2) is 8.78 Å². The van der Waals surface area contributed by atoms with Crippen LogP contribution in [0, 0.1) is 18.6 Å². The standard InChI is InChI=1S/C15H15F2NO2/c1-9-13(6-7-14(19-3)15(9)18-2)20-10-4-5-11(16)12(17)8-10/h4-8,18H,1-3H3. The van der Waals surface area contributed by atoms with Gasteiger partial charge in [0.05, 0.1) is 12.8 Å². The lowest BCUT2D eigenvalue weighted by Gasteiger charge is -2.15. The molecule has 0 saturated heterocycles. The number of ether oxygens (including phenoxy) is 2. The van der Waals surface area contributed by atoms with Gasteiger partial charge in [0.1, 0.15) is 17.2 Å². The zero-order chi connectivity index (χ0) is 14.7. The second-order valence-corrected chi connectivity index (χ2v) is 4.19. The summed E-state index contributed by atoms with van der Waals surface area (Å²) in [6, 6.07) is 6.88.